The number of benzene rings is 3. The SMILES string of the molecule is CCN(CC)CCNC(=O)c1ccc(NC(=O)Nc2ccc(Oc3ccccc3)cc2)c(OC(F)(F)F)c1. The highest BCUT2D eigenvalue weighted by Gasteiger charge is 2.33. The van der Waals surface area contributed by atoms with Crippen LogP contribution >= 0.6 is 0 Å². The highest BCUT2D eigenvalue weighted by molar-refractivity contribution is 6.01. The topological polar surface area (TPSA) is 91.9 Å². The van der Waals surface area contributed by atoms with Crippen LogP contribution in [0.2, 0.25) is 0 Å². The minimum atomic E-state index is -5.03. The van der Waals surface area contributed by atoms with E-state index in [9.17, 15) is 22.8 Å². The van der Waals surface area contributed by atoms with Crippen molar-refractivity contribution in [2.75, 3.05) is 36.8 Å². The van der Waals surface area contributed by atoms with Gasteiger partial charge in [0.25, 0.3) is 5.91 Å². The number of alkyl halides is 3. The summed E-state index contributed by atoms with van der Waals surface area (Å²) >= 11 is 0. The van der Waals surface area contributed by atoms with Crippen molar-refractivity contribution < 1.29 is 32.2 Å². The van der Waals surface area contributed by atoms with Gasteiger partial charge in [-0.05, 0) is 67.7 Å². The number of amides is 3. The maximum Gasteiger partial charge on any atom is 0.573 e. The Morgan fingerprint density at radius 3 is 2.16 bits per heavy atom. The van der Waals surface area contributed by atoms with Crippen LogP contribution in [0.15, 0.2) is 72.8 Å². The zero-order valence-electron chi connectivity index (χ0n) is 21.0. The van der Waals surface area contributed by atoms with Gasteiger partial charge in [0.15, 0.2) is 5.75 Å². The minimum Gasteiger partial charge on any atom is -0.457 e. The van der Waals surface area contributed by atoms with Crippen molar-refractivity contribution >= 4 is 23.3 Å². The lowest BCUT2D eigenvalue weighted by Crippen LogP contribution is -2.34. The van der Waals surface area contributed by atoms with Gasteiger partial charge in [0, 0.05) is 24.3 Å². The van der Waals surface area contributed by atoms with Crippen molar-refractivity contribution in [2.24, 2.45) is 0 Å². The summed E-state index contributed by atoms with van der Waals surface area (Å²) in [6.07, 6.45) is -5.03. The number of nitrogens with one attached hydrogen (secondary N) is 3. The summed E-state index contributed by atoms with van der Waals surface area (Å²) in [6.45, 7) is 6.53. The molecular formula is C27H29F3N4O4. The largest absolute Gasteiger partial charge is 0.573 e. The van der Waals surface area contributed by atoms with Gasteiger partial charge in [0.05, 0.1) is 5.69 Å². The normalized spacial score (nSPS) is 11.1. The van der Waals surface area contributed by atoms with E-state index in [1.54, 1.807) is 36.4 Å². The molecule has 3 amide bonds. The molecule has 3 N–H and O–H groups in total. The van der Waals surface area contributed by atoms with Crippen LogP contribution < -0.4 is 25.4 Å². The van der Waals surface area contributed by atoms with Gasteiger partial charge in [0.2, 0.25) is 0 Å². The fraction of sp³-hybridized carbons (Fsp3) is 0.259. The predicted molar refractivity (Wildman–Crippen MR) is 139 cm³/mol. The van der Waals surface area contributed by atoms with E-state index in [1.165, 1.54) is 12.1 Å². The molecule has 0 aliphatic heterocycles. The molecule has 0 radical (unpaired) electrons. The molecule has 0 fully saturated rings. The fourth-order valence-electron chi connectivity index (χ4n) is 3.46. The summed E-state index contributed by atoms with van der Waals surface area (Å²) < 4.78 is 48.9. The van der Waals surface area contributed by atoms with Crippen molar-refractivity contribution in [1.82, 2.24) is 10.2 Å². The molecule has 0 saturated carbocycles. The second kappa shape index (κ2) is 13.3. The smallest absolute Gasteiger partial charge is 0.457 e. The first kappa shape index (κ1) is 28.3. The first-order chi connectivity index (χ1) is 18.2. The van der Waals surface area contributed by atoms with Gasteiger partial charge in [-0.15, -0.1) is 13.2 Å². The summed E-state index contributed by atoms with van der Waals surface area (Å²) in [4.78, 5) is 27.0. The summed E-state index contributed by atoms with van der Waals surface area (Å²) in [5.41, 5.74) is 0.0812. The molecule has 3 rings (SSSR count). The summed E-state index contributed by atoms with van der Waals surface area (Å²) in [6, 6.07) is 18.2. The molecule has 0 spiro atoms. The van der Waals surface area contributed by atoms with Crippen LogP contribution in [0.3, 0.4) is 0 Å². The Hall–Kier alpha value is -4.25. The van der Waals surface area contributed by atoms with Crippen molar-refractivity contribution in [2.45, 2.75) is 20.2 Å². The van der Waals surface area contributed by atoms with Crippen LogP contribution in [0.4, 0.5) is 29.3 Å². The molecule has 0 atom stereocenters. The van der Waals surface area contributed by atoms with Gasteiger partial charge in [-0.1, -0.05) is 32.0 Å². The first-order valence-corrected chi connectivity index (χ1v) is 12.0. The number of anilines is 2. The van der Waals surface area contributed by atoms with Crippen LogP contribution in [0.1, 0.15) is 24.2 Å². The number of carbonyl (C=O) groups excluding carboxylic acids is 2. The van der Waals surface area contributed by atoms with E-state index in [4.69, 9.17) is 4.74 Å². The molecule has 3 aromatic rings. The molecular weight excluding hydrogens is 501 g/mol. The molecule has 0 aromatic heterocycles. The molecule has 0 saturated heterocycles. The molecule has 0 aliphatic rings. The Morgan fingerprint density at radius 1 is 0.868 bits per heavy atom. The highest BCUT2D eigenvalue weighted by atomic mass is 19.4. The molecule has 3 aromatic carbocycles. The lowest BCUT2D eigenvalue weighted by Gasteiger charge is -2.18. The third kappa shape index (κ3) is 9.00. The van der Waals surface area contributed by atoms with Gasteiger partial charge in [-0.25, -0.2) is 4.79 Å². The van der Waals surface area contributed by atoms with Crippen LogP contribution in [-0.2, 0) is 0 Å². The Kier molecular flexibility index (Phi) is 9.94. The van der Waals surface area contributed by atoms with Crippen LogP contribution in [0.5, 0.6) is 17.2 Å². The molecule has 11 heteroatoms. The van der Waals surface area contributed by atoms with Crippen molar-refractivity contribution in [3.8, 4) is 17.2 Å². The number of nitrogens with zero attached hydrogens (tertiary/aromatic N) is 1. The molecule has 0 unspecified atom stereocenters. The lowest BCUT2D eigenvalue weighted by molar-refractivity contribution is -0.274. The maximum absolute atomic E-state index is 13.0. The second-order valence-corrected chi connectivity index (χ2v) is 8.06. The van der Waals surface area contributed by atoms with E-state index >= 15 is 0 Å². The third-order valence-electron chi connectivity index (χ3n) is 5.42. The highest BCUT2D eigenvalue weighted by Crippen LogP contribution is 2.32. The Morgan fingerprint density at radius 2 is 1.53 bits per heavy atom. The quantitative estimate of drug-likeness (QED) is 0.279. The first-order valence-electron chi connectivity index (χ1n) is 12.0. The summed E-state index contributed by atoms with van der Waals surface area (Å²) in [7, 11) is 0. The molecule has 0 bridgehead atoms. The monoisotopic (exact) mass is 530 g/mol. The lowest BCUT2D eigenvalue weighted by atomic mass is 10.1. The van der Waals surface area contributed by atoms with E-state index in [0.717, 1.165) is 19.2 Å². The van der Waals surface area contributed by atoms with Crippen molar-refractivity contribution in [3.63, 3.8) is 0 Å². The van der Waals surface area contributed by atoms with Crippen LogP contribution in [0.25, 0.3) is 0 Å². The fourth-order valence-corrected chi connectivity index (χ4v) is 3.46. The number of hydrogen-bond acceptors (Lipinski definition) is 5. The van der Waals surface area contributed by atoms with E-state index in [0.29, 0.717) is 30.3 Å². The minimum absolute atomic E-state index is 0.0382. The Labute approximate surface area is 218 Å². The van der Waals surface area contributed by atoms with E-state index in [-0.39, 0.29) is 11.3 Å². The van der Waals surface area contributed by atoms with Crippen molar-refractivity contribution in [3.05, 3.63) is 78.4 Å². The number of carbonyl (C=O) groups is 2. The molecule has 38 heavy (non-hydrogen) atoms. The number of likely N-dealkylation sites (N-methyl/N-ethyl adjacent to an activating group) is 1. The maximum atomic E-state index is 13.0. The second-order valence-electron chi connectivity index (χ2n) is 8.06. The van der Waals surface area contributed by atoms with Gasteiger partial charge in [-0.2, -0.15) is 0 Å². The molecule has 0 heterocycles. The average Bonchev–Trinajstić information content (AvgIpc) is 2.88. The van der Waals surface area contributed by atoms with Crippen LogP contribution in [-0.4, -0.2) is 49.4 Å². The number of hydrogen-bond donors (Lipinski definition) is 3. The number of urea groups is 1. The van der Waals surface area contributed by atoms with Gasteiger partial charge >= 0.3 is 12.4 Å². The van der Waals surface area contributed by atoms with Gasteiger partial charge in [0.1, 0.15) is 11.5 Å². The van der Waals surface area contributed by atoms with Gasteiger partial charge < -0.3 is 30.3 Å². The van der Waals surface area contributed by atoms with E-state index < -0.39 is 24.1 Å². The van der Waals surface area contributed by atoms with Gasteiger partial charge in [-0.3, -0.25) is 4.79 Å². The zero-order valence-corrected chi connectivity index (χ0v) is 21.0. The van der Waals surface area contributed by atoms with Crippen molar-refractivity contribution in [1.29, 1.82) is 0 Å². The van der Waals surface area contributed by atoms with Crippen LogP contribution in [0, 0.1) is 0 Å². The molecule has 8 nitrogen and oxygen atoms in total. The molecule has 202 valence electrons. The number of para-hydroxylation sites is 1. The number of halogens is 3. The third-order valence-corrected chi connectivity index (χ3v) is 5.42. The summed E-state index contributed by atoms with van der Waals surface area (Å²) in [5.74, 6) is -0.0909. The van der Waals surface area contributed by atoms with E-state index in [2.05, 4.69) is 25.6 Å². The average molecular weight is 531 g/mol. The summed E-state index contributed by atoms with van der Waals surface area (Å²) in [5, 5.41) is 7.54. The Balaban J connectivity index is 1.65. The number of ether oxygens (including phenoxy) is 2. The Bertz CT molecular complexity index is 1200. The van der Waals surface area contributed by atoms with E-state index in [1.807, 2.05) is 32.0 Å². The standard InChI is InChI=1S/C27H29F3N4O4/c1-3-34(4-2)17-16-31-25(35)19-10-15-23(24(18-19)38-27(28,29)30)33-26(36)32-20-11-13-22(14-12-20)37-21-8-6-5-7-9-21/h5-15,18H,3-4,16-17H2,1-2H3,(H,31,35)(H2,32,33,36). The zero-order chi connectivity index (χ0) is 27.5. The molecule has 0 aliphatic carbocycles. The number of rotatable bonds is 11. The predicted octanol–water partition coefficient (Wildman–Crippen LogP) is 6.09.